The maximum atomic E-state index is 12.0. The molecule has 0 unspecified atom stereocenters. The van der Waals surface area contributed by atoms with Gasteiger partial charge in [0.2, 0.25) is 0 Å². The Labute approximate surface area is 121 Å². The molecule has 1 aromatic heterocycles. The van der Waals surface area contributed by atoms with Gasteiger partial charge in [-0.25, -0.2) is 9.89 Å². The first-order valence-corrected chi connectivity index (χ1v) is 6.56. The molecule has 0 saturated carbocycles. The number of esters is 1. The number of nitriles is 1. The third kappa shape index (κ3) is 2.50. The van der Waals surface area contributed by atoms with Crippen molar-refractivity contribution in [2.75, 3.05) is 6.61 Å². The number of carbonyl (C=O) groups is 1. The average Bonchev–Trinajstić information content (AvgIpc) is 2.42. The first-order chi connectivity index (χ1) is 10.0. The van der Waals surface area contributed by atoms with Crippen LogP contribution in [0.4, 0.5) is 0 Å². The molecule has 0 bridgehead atoms. The zero-order valence-electron chi connectivity index (χ0n) is 12.1. The Morgan fingerprint density at radius 1 is 1.48 bits per heavy atom. The van der Waals surface area contributed by atoms with E-state index in [1.807, 2.05) is 6.07 Å². The van der Waals surface area contributed by atoms with Crippen molar-refractivity contribution in [2.45, 2.75) is 27.2 Å². The van der Waals surface area contributed by atoms with Gasteiger partial charge in [0.25, 0.3) is 5.56 Å². The van der Waals surface area contributed by atoms with Crippen molar-refractivity contribution >= 4 is 16.7 Å². The summed E-state index contributed by atoms with van der Waals surface area (Å²) in [5.74, 6) is -0.451. The molecule has 1 aromatic carbocycles. The van der Waals surface area contributed by atoms with Crippen molar-refractivity contribution in [3.63, 3.8) is 0 Å². The number of aromatic amines is 1. The molecule has 0 spiro atoms. The number of ether oxygens (including phenoxy) is 1. The molecule has 6 nitrogen and oxygen atoms in total. The van der Waals surface area contributed by atoms with Crippen LogP contribution in [0.3, 0.4) is 0 Å². The lowest BCUT2D eigenvalue weighted by atomic mass is 9.95. The van der Waals surface area contributed by atoms with Crippen LogP contribution < -0.4 is 5.56 Å². The summed E-state index contributed by atoms with van der Waals surface area (Å²) < 4.78 is 5.04. The van der Waals surface area contributed by atoms with Gasteiger partial charge in [0.05, 0.1) is 35.7 Å². The van der Waals surface area contributed by atoms with Crippen LogP contribution in [0.2, 0.25) is 0 Å². The van der Waals surface area contributed by atoms with E-state index in [-0.39, 0.29) is 18.6 Å². The number of H-pyrrole nitrogens is 1. The molecule has 6 heteroatoms. The third-order valence-corrected chi connectivity index (χ3v) is 3.33. The molecule has 21 heavy (non-hydrogen) atoms. The molecule has 0 saturated heterocycles. The van der Waals surface area contributed by atoms with Gasteiger partial charge in [0, 0.05) is 5.39 Å². The third-order valence-electron chi connectivity index (χ3n) is 3.33. The fourth-order valence-electron chi connectivity index (χ4n) is 2.47. The highest BCUT2D eigenvalue weighted by Gasteiger charge is 2.19. The summed E-state index contributed by atoms with van der Waals surface area (Å²) in [6, 6.07) is 3.73. The highest BCUT2D eigenvalue weighted by molar-refractivity contribution is 6.00. The van der Waals surface area contributed by atoms with Gasteiger partial charge in [-0.05, 0) is 38.0 Å². The lowest BCUT2D eigenvalue weighted by Crippen LogP contribution is -2.16. The van der Waals surface area contributed by atoms with Gasteiger partial charge >= 0.3 is 5.97 Å². The number of aromatic nitrogens is 2. The molecule has 1 N–H and O–H groups in total. The molecule has 108 valence electrons. The lowest BCUT2D eigenvalue weighted by Gasteiger charge is -2.12. The van der Waals surface area contributed by atoms with Crippen molar-refractivity contribution < 1.29 is 9.53 Å². The number of aryl methyl sites for hydroxylation is 2. The SMILES string of the molecule is CCOC(=O)c1c(C)cc2c(CC#N)n[nH]c(=O)c2c1C. The van der Waals surface area contributed by atoms with Gasteiger partial charge in [0.15, 0.2) is 0 Å². The van der Waals surface area contributed by atoms with Gasteiger partial charge in [0.1, 0.15) is 0 Å². The molecule has 0 aliphatic carbocycles. The molecule has 0 aliphatic rings. The summed E-state index contributed by atoms with van der Waals surface area (Å²) >= 11 is 0. The normalized spacial score (nSPS) is 10.4. The summed E-state index contributed by atoms with van der Waals surface area (Å²) in [5.41, 5.74) is 1.75. The van der Waals surface area contributed by atoms with Crippen LogP contribution >= 0.6 is 0 Å². The van der Waals surface area contributed by atoms with Crippen molar-refractivity contribution in [3.8, 4) is 6.07 Å². The summed E-state index contributed by atoms with van der Waals surface area (Å²) in [4.78, 5) is 24.1. The first kappa shape index (κ1) is 14.7. The van der Waals surface area contributed by atoms with E-state index in [1.54, 1.807) is 26.8 Å². The predicted molar refractivity (Wildman–Crippen MR) is 77.1 cm³/mol. The van der Waals surface area contributed by atoms with E-state index >= 15 is 0 Å². The molecule has 0 radical (unpaired) electrons. The van der Waals surface area contributed by atoms with Gasteiger partial charge in [-0.3, -0.25) is 4.79 Å². The smallest absolute Gasteiger partial charge is 0.338 e. The van der Waals surface area contributed by atoms with Crippen molar-refractivity contribution in [2.24, 2.45) is 0 Å². The molecule has 0 atom stereocenters. The Hall–Kier alpha value is -2.68. The number of carbonyl (C=O) groups excluding carboxylic acids is 1. The van der Waals surface area contributed by atoms with E-state index in [0.29, 0.717) is 33.2 Å². The largest absolute Gasteiger partial charge is 0.462 e. The Morgan fingerprint density at radius 2 is 2.19 bits per heavy atom. The van der Waals surface area contributed by atoms with Gasteiger partial charge in [-0.15, -0.1) is 0 Å². The van der Waals surface area contributed by atoms with Crippen LogP contribution in [0.1, 0.15) is 34.1 Å². The molecule has 0 fully saturated rings. The van der Waals surface area contributed by atoms with Crippen LogP contribution in [0.25, 0.3) is 10.8 Å². The monoisotopic (exact) mass is 285 g/mol. The minimum atomic E-state index is -0.451. The minimum absolute atomic E-state index is 0.0882. The second-order valence-electron chi connectivity index (χ2n) is 4.67. The number of benzene rings is 1. The Bertz CT molecular complexity index is 815. The standard InChI is InChI=1S/C15H15N3O3/c1-4-21-15(20)12-8(2)7-10-11(5-6-16)17-18-14(19)13(10)9(12)3/h7H,4-5H2,1-3H3,(H,18,19). The maximum absolute atomic E-state index is 12.0. The van der Waals surface area contributed by atoms with Crippen molar-refractivity contribution in [1.82, 2.24) is 10.2 Å². The fraction of sp³-hybridized carbons (Fsp3) is 0.333. The van der Waals surface area contributed by atoms with Gasteiger partial charge in [-0.2, -0.15) is 10.4 Å². The lowest BCUT2D eigenvalue weighted by molar-refractivity contribution is 0.0525. The highest BCUT2D eigenvalue weighted by atomic mass is 16.5. The Kier molecular flexibility index (Phi) is 4.03. The Morgan fingerprint density at radius 3 is 2.81 bits per heavy atom. The van der Waals surface area contributed by atoms with Crippen molar-refractivity contribution in [1.29, 1.82) is 5.26 Å². The predicted octanol–water partition coefficient (Wildman–Crippen LogP) is 1.78. The molecule has 1 heterocycles. The van der Waals surface area contributed by atoms with Gasteiger partial charge in [-0.1, -0.05) is 0 Å². The second kappa shape index (κ2) is 5.75. The number of fused-ring (bicyclic) bond motifs is 1. The number of hydrogen-bond donors (Lipinski definition) is 1. The van der Waals surface area contributed by atoms with E-state index in [0.717, 1.165) is 0 Å². The van der Waals surface area contributed by atoms with E-state index in [4.69, 9.17) is 10.00 Å². The zero-order chi connectivity index (χ0) is 15.6. The number of nitrogens with zero attached hydrogens (tertiary/aromatic N) is 2. The minimum Gasteiger partial charge on any atom is -0.462 e. The molecular formula is C15H15N3O3. The topological polar surface area (TPSA) is 95.8 Å². The van der Waals surface area contributed by atoms with Crippen LogP contribution in [-0.4, -0.2) is 22.8 Å². The quantitative estimate of drug-likeness (QED) is 0.867. The Balaban J connectivity index is 2.84. The van der Waals surface area contributed by atoms with Crippen LogP contribution in [0, 0.1) is 25.2 Å². The summed E-state index contributed by atoms with van der Waals surface area (Å²) in [6.07, 6.45) is 0.0882. The molecular weight excluding hydrogens is 270 g/mol. The number of nitrogens with one attached hydrogen (secondary N) is 1. The van der Waals surface area contributed by atoms with Crippen LogP contribution in [0.15, 0.2) is 10.9 Å². The maximum Gasteiger partial charge on any atom is 0.338 e. The second-order valence-corrected chi connectivity index (χ2v) is 4.67. The molecule has 2 aromatic rings. The average molecular weight is 285 g/mol. The fourth-order valence-corrected chi connectivity index (χ4v) is 2.47. The van der Waals surface area contributed by atoms with E-state index < -0.39 is 5.97 Å². The first-order valence-electron chi connectivity index (χ1n) is 6.56. The molecule has 2 rings (SSSR count). The van der Waals surface area contributed by atoms with Gasteiger partial charge < -0.3 is 4.74 Å². The van der Waals surface area contributed by atoms with Crippen LogP contribution in [0.5, 0.6) is 0 Å². The molecule has 0 aliphatic heterocycles. The van der Waals surface area contributed by atoms with E-state index in [2.05, 4.69) is 10.2 Å². The van der Waals surface area contributed by atoms with E-state index in [9.17, 15) is 9.59 Å². The number of rotatable bonds is 3. The zero-order valence-corrected chi connectivity index (χ0v) is 12.1. The van der Waals surface area contributed by atoms with Crippen LogP contribution in [-0.2, 0) is 11.2 Å². The summed E-state index contributed by atoms with van der Waals surface area (Å²) in [7, 11) is 0. The van der Waals surface area contributed by atoms with Crippen molar-refractivity contribution in [3.05, 3.63) is 38.8 Å². The molecule has 0 amide bonds. The summed E-state index contributed by atoms with van der Waals surface area (Å²) in [6.45, 7) is 5.47. The number of hydrogen-bond acceptors (Lipinski definition) is 5. The van der Waals surface area contributed by atoms with E-state index in [1.165, 1.54) is 0 Å². The highest BCUT2D eigenvalue weighted by Crippen LogP contribution is 2.25. The summed E-state index contributed by atoms with van der Waals surface area (Å²) in [5, 5.41) is 16.1.